The van der Waals surface area contributed by atoms with Gasteiger partial charge in [-0.25, -0.2) is 8.78 Å². The zero-order chi connectivity index (χ0) is 17.8. The second kappa shape index (κ2) is 7.69. The third kappa shape index (κ3) is 4.60. The van der Waals surface area contributed by atoms with Crippen LogP contribution in [0.1, 0.15) is 41.3 Å². The van der Waals surface area contributed by atoms with Gasteiger partial charge < -0.3 is 10.3 Å². The first-order chi connectivity index (χ1) is 12.0. The molecule has 1 aliphatic heterocycles. The molecule has 2 N–H and O–H groups in total. The van der Waals surface area contributed by atoms with Gasteiger partial charge in [0.15, 0.2) is 11.6 Å². The van der Waals surface area contributed by atoms with Gasteiger partial charge in [-0.3, -0.25) is 9.69 Å². The molecule has 134 valence electrons. The zero-order valence-electron chi connectivity index (χ0n) is 13.8. The summed E-state index contributed by atoms with van der Waals surface area (Å²) in [5.41, 5.74) is 5.91. The van der Waals surface area contributed by atoms with Gasteiger partial charge in [-0.2, -0.15) is 4.98 Å². The van der Waals surface area contributed by atoms with Gasteiger partial charge >= 0.3 is 0 Å². The molecule has 0 saturated carbocycles. The van der Waals surface area contributed by atoms with E-state index in [4.69, 9.17) is 10.3 Å². The molecule has 6 nitrogen and oxygen atoms in total. The number of aromatic nitrogens is 2. The van der Waals surface area contributed by atoms with Crippen LogP contribution in [0.4, 0.5) is 8.78 Å². The number of amides is 1. The fraction of sp³-hybridized carbons (Fsp3) is 0.471. The summed E-state index contributed by atoms with van der Waals surface area (Å²) >= 11 is 0. The minimum Gasteiger partial charge on any atom is -0.363 e. The van der Waals surface area contributed by atoms with Crippen molar-refractivity contribution in [2.24, 2.45) is 11.7 Å². The maximum absolute atomic E-state index is 13.3. The smallest absolute Gasteiger partial charge is 0.290 e. The standard InChI is InChI=1S/C17H20F2N4O2/c18-13-6-5-11(8-14(13)19)3-4-12-2-1-7-23(9-12)10-15-21-17(16(20)24)22-25-15/h5-6,8,12H,1-4,7,9-10H2,(H2,20,24)/t12-/m0/s1. The molecule has 0 unspecified atom stereocenters. The van der Waals surface area contributed by atoms with Crippen LogP contribution >= 0.6 is 0 Å². The summed E-state index contributed by atoms with van der Waals surface area (Å²) in [6, 6.07) is 4.06. The van der Waals surface area contributed by atoms with Crippen molar-refractivity contribution < 1.29 is 18.1 Å². The molecule has 25 heavy (non-hydrogen) atoms. The number of primary amides is 1. The fourth-order valence-electron chi connectivity index (χ4n) is 3.21. The lowest BCUT2D eigenvalue weighted by Crippen LogP contribution is -2.35. The Balaban J connectivity index is 1.51. The SMILES string of the molecule is NC(=O)c1noc(CN2CCC[C@@H](CCc3ccc(F)c(F)c3)C2)n1. The van der Waals surface area contributed by atoms with Gasteiger partial charge in [-0.1, -0.05) is 11.2 Å². The van der Waals surface area contributed by atoms with Crippen molar-refractivity contribution >= 4 is 5.91 Å². The molecule has 0 radical (unpaired) electrons. The Morgan fingerprint density at radius 2 is 2.20 bits per heavy atom. The second-order valence-corrected chi connectivity index (χ2v) is 6.41. The third-order valence-electron chi connectivity index (χ3n) is 4.48. The van der Waals surface area contributed by atoms with Crippen LogP contribution in [0.25, 0.3) is 0 Å². The molecule has 0 spiro atoms. The first-order valence-electron chi connectivity index (χ1n) is 8.30. The molecule has 2 heterocycles. The first-order valence-corrected chi connectivity index (χ1v) is 8.30. The number of halogens is 2. The monoisotopic (exact) mass is 350 g/mol. The number of carbonyl (C=O) groups is 1. The van der Waals surface area contributed by atoms with Gasteiger partial charge in [-0.15, -0.1) is 0 Å². The lowest BCUT2D eigenvalue weighted by Gasteiger charge is -2.31. The second-order valence-electron chi connectivity index (χ2n) is 6.41. The molecule has 1 amide bonds. The summed E-state index contributed by atoms with van der Waals surface area (Å²) in [5.74, 6) is -1.61. The molecule has 3 rings (SSSR count). The van der Waals surface area contributed by atoms with E-state index in [0.29, 0.717) is 24.8 Å². The molecule has 1 aromatic carbocycles. The third-order valence-corrected chi connectivity index (χ3v) is 4.48. The number of benzene rings is 1. The highest BCUT2D eigenvalue weighted by atomic mass is 19.2. The molecule has 1 atom stereocenters. The summed E-state index contributed by atoms with van der Waals surface area (Å²) in [7, 11) is 0. The lowest BCUT2D eigenvalue weighted by atomic mass is 9.91. The van der Waals surface area contributed by atoms with Crippen molar-refractivity contribution in [1.82, 2.24) is 15.0 Å². The van der Waals surface area contributed by atoms with E-state index in [-0.39, 0.29) is 5.82 Å². The van der Waals surface area contributed by atoms with Gasteiger partial charge in [0.05, 0.1) is 6.54 Å². The van der Waals surface area contributed by atoms with E-state index >= 15 is 0 Å². The Labute approximate surface area is 144 Å². The average molecular weight is 350 g/mol. The van der Waals surface area contributed by atoms with Gasteiger partial charge in [0, 0.05) is 6.54 Å². The van der Waals surface area contributed by atoms with Crippen LogP contribution in [0.5, 0.6) is 0 Å². The van der Waals surface area contributed by atoms with Crippen molar-refractivity contribution in [3.63, 3.8) is 0 Å². The van der Waals surface area contributed by atoms with E-state index in [1.165, 1.54) is 12.1 Å². The molecular formula is C17H20F2N4O2. The summed E-state index contributed by atoms with van der Waals surface area (Å²) in [4.78, 5) is 17.2. The number of likely N-dealkylation sites (tertiary alicyclic amines) is 1. The summed E-state index contributed by atoms with van der Waals surface area (Å²) < 4.78 is 31.3. The highest BCUT2D eigenvalue weighted by Gasteiger charge is 2.22. The number of hydrogen-bond donors (Lipinski definition) is 1. The van der Waals surface area contributed by atoms with Crippen molar-refractivity contribution in [3.05, 3.63) is 47.1 Å². The number of rotatable bonds is 6. The minimum absolute atomic E-state index is 0.109. The van der Waals surface area contributed by atoms with E-state index in [9.17, 15) is 13.6 Å². The average Bonchev–Trinajstić information content (AvgIpc) is 3.05. The molecule has 0 bridgehead atoms. The first kappa shape index (κ1) is 17.5. The van der Waals surface area contributed by atoms with Gasteiger partial charge in [-0.05, 0) is 55.8 Å². The van der Waals surface area contributed by atoms with Crippen LogP contribution in [0.2, 0.25) is 0 Å². The van der Waals surface area contributed by atoms with Crippen molar-refractivity contribution in [2.75, 3.05) is 13.1 Å². The molecule has 1 aromatic heterocycles. The summed E-state index contributed by atoms with van der Waals surface area (Å²) in [6.07, 6.45) is 3.75. The highest BCUT2D eigenvalue weighted by molar-refractivity contribution is 5.88. The van der Waals surface area contributed by atoms with Crippen LogP contribution in [-0.4, -0.2) is 34.0 Å². The normalized spacial score (nSPS) is 18.4. The molecular weight excluding hydrogens is 330 g/mol. The molecule has 1 saturated heterocycles. The topological polar surface area (TPSA) is 85.2 Å². The number of nitrogens with zero attached hydrogens (tertiary/aromatic N) is 3. The number of nitrogens with two attached hydrogens (primary N) is 1. The number of piperidine rings is 1. The van der Waals surface area contributed by atoms with Crippen LogP contribution in [0.15, 0.2) is 22.7 Å². The van der Waals surface area contributed by atoms with Crippen molar-refractivity contribution in [2.45, 2.75) is 32.2 Å². The Kier molecular flexibility index (Phi) is 5.37. The van der Waals surface area contributed by atoms with Gasteiger partial charge in [0.25, 0.3) is 11.7 Å². The van der Waals surface area contributed by atoms with Crippen LogP contribution < -0.4 is 5.73 Å². The Hall–Kier alpha value is -2.35. The zero-order valence-corrected chi connectivity index (χ0v) is 13.8. The number of hydrogen-bond acceptors (Lipinski definition) is 5. The fourth-order valence-corrected chi connectivity index (χ4v) is 3.21. The molecule has 1 fully saturated rings. The Bertz CT molecular complexity index is 750. The Morgan fingerprint density at radius 3 is 2.92 bits per heavy atom. The Morgan fingerprint density at radius 1 is 1.36 bits per heavy atom. The quantitative estimate of drug-likeness (QED) is 0.864. The minimum atomic E-state index is -0.817. The molecule has 0 aliphatic carbocycles. The van der Waals surface area contributed by atoms with E-state index in [0.717, 1.165) is 37.9 Å². The van der Waals surface area contributed by atoms with E-state index < -0.39 is 17.5 Å². The molecule has 2 aromatic rings. The lowest BCUT2D eigenvalue weighted by molar-refractivity contribution is 0.0987. The van der Waals surface area contributed by atoms with Crippen molar-refractivity contribution in [3.8, 4) is 0 Å². The maximum Gasteiger partial charge on any atom is 0.290 e. The van der Waals surface area contributed by atoms with E-state index in [1.54, 1.807) is 6.07 Å². The maximum atomic E-state index is 13.3. The number of aryl methyl sites for hydroxylation is 1. The van der Waals surface area contributed by atoms with Crippen LogP contribution in [0, 0.1) is 17.6 Å². The van der Waals surface area contributed by atoms with Crippen molar-refractivity contribution in [1.29, 1.82) is 0 Å². The van der Waals surface area contributed by atoms with E-state index in [2.05, 4.69) is 15.0 Å². The van der Waals surface area contributed by atoms with Gasteiger partial charge in [0.1, 0.15) is 0 Å². The summed E-state index contributed by atoms with van der Waals surface area (Å²) in [5, 5.41) is 3.54. The predicted octanol–water partition coefficient (Wildman–Crippen LogP) is 2.29. The van der Waals surface area contributed by atoms with E-state index in [1.807, 2.05) is 0 Å². The molecule has 1 aliphatic rings. The summed E-state index contributed by atoms with van der Waals surface area (Å²) in [6.45, 7) is 2.25. The van der Waals surface area contributed by atoms with Crippen LogP contribution in [-0.2, 0) is 13.0 Å². The predicted molar refractivity (Wildman–Crippen MR) is 85.5 cm³/mol. The van der Waals surface area contributed by atoms with Gasteiger partial charge in [0.2, 0.25) is 5.89 Å². The highest BCUT2D eigenvalue weighted by Crippen LogP contribution is 2.23. The largest absolute Gasteiger partial charge is 0.363 e. The van der Waals surface area contributed by atoms with Crippen LogP contribution in [0.3, 0.4) is 0 Å². The molecule has 8 heteroatoms. The number of carbonyl (C=O) groups excluding carboxylic acids is 1.